The summed E-state index contributed by atoms with van der Waals surface area (Å²) >= 11 is 5.95. The van der Waals surface area contributed by atoms with Gasteiger partial charge in [-0.3, -0.25) is 0 Å². The van der Waals surface area contributed by atoms with E-state index in [4.69, 9.17) is 26.6 Å². The van der Waals surface area contributed by atoms with Crippen LogP contribution in [0.3, 0.4) is 0 Å². The molecule has 5 nitrogen and oxygen atoms in total. The van der Waals surface area contributed by atoms with Crippen molar-refractivity contribution < 1.29 is 9.26 Å². The Kier molecular flexibility index (Phi) is 3.84. The lowest BCUT2D eigenvalue weighted by Gasteiger charge is -2.06. The summed E-state index contributed by atoms with van der Waals surface area (Å²) < 4.78 is 10.4. The van der Waals surface area contributed by atoms with Crippen LogP contribution < -0.4 is 5.73 Å². The lowest BCUT2D eigenvalue weighted by Crippen LogP contribution is -2.01. The molecule has 2 rings (SSSR count). The van der Waals surface area contributed by atoms with Crippen LogP contribution in [-0.4, -0.2) is 17.3 Å². The molecule has 0 amide bonds. The van der Waals surface area contributed by atoms with Crippen molar-refractivity contribution in [2.45, 2.75) is 19.4 Å². The van der Waals surface area contributed by atoms with E-state index in [1.807, 2.05) is 6.92 Å². The fourth-order valence-electron chi connectivity index (χ4n) is 1.65. The second-order valence-corrected chi connectivity index (χ2v) is 4.20. The maximum absolute atomic E-state index is 5.95. The zero-order chi connectivity index (χ0) is 13.1. The van der Waals surface area contributed by atoms with Crippen LogP contribution in [0.2, 0.25) is 5.02 Å². The predicted molar refractivity (Wildman–Crippen MR) is 69.2 cm³/mol. The Morgan fingerprint density at radius 3 is 2.94 bits per heavy atom. The molecular formula is C12H14ClN3O2. The van der Waals surface area contributed by atoms with Crippen molar-refractivity contribution in [2.75, 3.05) is 12.8 Å². The van der Waals surface area contributed by atoms with E-state index in [2.05, 4.69) is 10.1 Å². The molecule has 0 aliphatic carbocycles. The number of rotatable bonds is 4. The third kappa shape index (κ3) is 2.32. The Labute approximate surface area is 110 Å². The van der Waals surface area contributed by atoms with Gasteiger partial charge in [0, 0.05) is 7.11 Å². The van der Waals surface area contributed by atoms with Crippen LogP contribution in [0.5, 0.6) is 0 Å². The molecule has 6 heteroatoms. The largest absolute Gasteiger partial charge is 0.397 e. The number of methoxy groups -OCH3 is 1. The zero-order valence-corrected chi connectivity index (χ0v) is 10.9. The highest BCUT2D eigenvalue weighted by atomic mass is 35.5. The lowest BCUT2D eigenvalue weighted by atomic mass is 10.2. The van der Waals surface area contributed by atoms with E-state index in [1.54, 1.807) is 25.3 Å². The van der Waals surface area contributed by atoms with Crippen molar-refractivity contribution in [1.29, 1.82) is 0 Å². The molecule has 0 fully saturated rings. The third-order valence-corrected chi connectivity index (χ3v) is 3.00. The van der Waals surface area contributed by atoms with Crippen LogP contribution in [0.4, 0.5) is 5.69 Å². The number of nitrogens with two attached hydrogens (primary N) is 1. The van der Waals surface area contributed by atoms with Crippen LogP contribution in [0.15, 0.2) is 22.7 Å². The summed E-state index contributed by atoms with van der Waals surface area (Å²) in [5.41, 5.74) is 6.94. The molecule has 96 valence electrons. The highest BCUT2D eigenvalue weighted by Gasteiger charge is 2.18. The van der Waals surface area contributed by atoms with E-state index >= 15 is 0 Å². The smallest absolute Gasteiger partial charge is 0.260 e. The van der Waals surface area contributed by atoms with Gasteiger partial charge in [-0.15, -0.1) is 0 Å². The first kappa shape index (κ1) is 12.9. The van der Waals surface area contributed by atoms with E-state index in [0.717, 1.165) is 6.42 Å². The van der Waals surface area contributed by atoms with Gasteiger partial charge in [-0.1, -0.05) is 29.7 Å². The first-order chi connectivity index (χ1) is 8.67. The molecule has 0 aliphatic rings. The Morgan fingerprint density at radius 1 is 1.50 bits per heavy atom. The maximum Gasteiger partial charge on any atom is 0.260 e. The Hall–Kier alpha value is -1.59. The first-order valence-corrected chi connectivity index (χ1v) is 5.96. The van der Waals surface area contributed by atoms with Crippen LogP contribution in [0, 0.1) is 0 Å². The van der Waals surface area contributed by atoms with Gasteiger partial charge < -0.3 is 15.0 Å². The first-order valence-electron chi connectivity index (χ1n) is 5.58. The Morgan fingerprint density at radius 2 is 2.28 bits per heavy atom. The quantitative estimate of drug-likeness (QED) is 0.862. The average molecular weight is 268 g/mol. The van der Waals surface area contributed by atoms with E-state index in [0.29, 0.717) is 28.0 Å². The van der Waals surface area contributed by atoms with Gasteiger partial charge in [-0.25, -0.2) is 0 Å². The molecule has 2 aromatic rings. The monoisotopic (exact) mass is 267 g/mol. The second kappa shape index (κ2) is 5.37. The van der Waals surface area contributed by atoms with Gasteiger partial charge in [-0.2, -0.15) is 4.98 Å². The topological polar surface area (TPSA) is 74.2 Å². The Balaban J connectivity index is 2.38. The van der Waals surface area contributed by atoms with Gasteiger partial charge in [-0.05, 0) is 18.6 Å². The Bertz CT molecular complexity index is 538. The van der Waals surface area contributed by atoms with Gasteiger partial charge in [0.15, 0.2) is 0 Å². The summed E-state index contributed by atoms with van der Waals surface area (Å²) in [5, 5.41) is 4.36. The molecule has 0 bridgehead atoms. The molecule has 1 unspecified atom stereocenters. The number of hydrogen-bond donors (Lipinski definition) is 1. The molecule has 1 aromatic heterocycles. The molecule has 1 atom stereocenters. The minimum absolute atomic E-state index is 0.178. The minimum atomic E-state index is -0.178. The van der Waals surface area contributed by atoms with Crippen molar-refractivity contribution in [3.8, 4) is 11.5 Å². The van der Waals surface area contributed by atoms with Gasteiger partial charge in [0.25, 0.3) is 5.89 Å². The van der Waals surface area contributed by atoms with Gasteiger partial charge in [0.05, 0.1) is 16.3 Å². The number of halogens is 1. The number of nitrogens with zero attached hydrogens (tertiary/aromatic N) is 2. The fourth-order valence-corrected chi connectivity index (χ4v) is 1.83. The molecule has 1 heterocycles. The molecular weight excluding hydrogens is 254 g/mol. The number of ether oxygens (including phenoxy) is 1. The summed E-state index contributed by atoms with van der Waals surface area (Å²) in [7, 11) is 1.61. The van der Waals surface area contributed by atoms with Crippen LogP contribution in [0.1, 0.15) is 25.3 Å². The van der Waals surface area contributed by atoms with Crippen molar-refractivity contribution in [1.82, 2.24) is 10.1 Å². The van der Waals surface area contributed by atoms with Gasteiger partial charge >= 0.3 is 0 Å². The summed E-state index contributed by atoms with van der Waals surface area (Å²) in [6.07, 6.45) is 0.587. The molecule has 1 aromatic carbocycles. The summed E-state index contributed by atoms with van der Waals surface area (Å²) in [4.78, 5) is 4.28. The number of nitrogen functional groups attached to an aromatic ring is 1. The molecule has 0 saturated carbocycles. The number of hydrogen-bond acceptors (Lipinski definition) is 5. The highest BCUT2D eigenvalue weighted by Crippen LogP contribution is 2.31. The van der Waals surface area contributed by atoms with Crippen LogP contribution in [0.25, 0.3) is 11.5 Å². The van der Waals surface area contributed by atoms with E-state index < -0.39 is 0 Å². The van der Waals surface area contributed by atoms with Crippen molar-refractivity contribution in [3.05, 3.63) is 29.0 Å². The molecule has 0 spiro atoms. The normalized spacial score (nSPS) is 12.6. The molecule has 0 saturated heterocycles. The van der Waals surface area contributed by atoms with E-state index in [-0.39, 0.29) is 6.10 Å². The highest BCUT2D eigenvalue weighted by molar-refractivity contribution is 6.33. The summed E-state index contributed by atoms with van der Waals surface area (Å²) in [6, 6.07) is 5.28. The van der Waals surface area contributed by atoms with Crippen molar-refractivity contribution in [2.24, 2.45) is 0 Å². The average Bonchev–Trinajstić information content (AvgIpc) is 2.84. The summed E-state index contributed by atoms with van der Waals surface area (Å²) in [5.74, 6) is 0.856. The van der Waals surface area contributed by atoms with Gasteiger partial charge in [0.2, 0.25) is 5.82 Å². The number of anilines is 1. The number of benzene rings is 1. The molecule has 0 aliphatic heterocycles. The van der Waals surface area contributed by atoms with Crippen LogP contribution >= 0.6 is 11.6 Å². The van der Waals surface area contributed by atoms with Crippen molar-refractivity contribution >= 4 is 17.3 Å². The van der Waals surface area contributed by atoms with Crippen LogP contribution in [-0.2, 0) is 4.74 Å². The maximum atomic E-state index is 5.95. The molecule has 18 heavy (non-hydrogen) atoms. The van der Waals surface area contributed by atoms with E-state index in [9.17, 15) is 0 Å². The third-order valence-electron chi connectivity index (χ3n) is 2.67. The zero-order valence-electron chi connectivity index (χ0n) is 10.2. The second-order valence-electron chi connectivity index (χ2n) is 3.79. The SMILES string of the molecule is CCC(OC)c1noc(-c2cccc(Cl)c2N)n1. The number of para-hydroxylation sites is 1. The number of aromatic nitrogens is 2. The fraction of sp³-hybridized carbons (Fsp3) is 0.333. The summed E-state index contributed by atoms with van der Waals surface area (Å²) in [6.45, 7) is 1.98. The van der Waals surface area contributed by atoms with Gasteiger partial charge in [0.1, 0.15) is 6.10 Å². The van der Waals surface area contributed by atoms with E-state index in [1.165, 1.54) is 0 Å². The van der Waals surface area contributed by atoms with Crippen molar-refractivity contribution in [3.63, 3.8) is 0 Å². The predicted octanol–water partition coefficient (Wildman–Crippen LogP) is 3.07. The molecule has 2 N–H and O–H groups in total. The minimum Gasteiger partial charge on any atom is -0.397 e. The lowest BCUT2D eigenvalue weighted by molar-refractivity contribution is 0.0903. The molecule has 0 radical (unpaired) electrons. The standard InChI is InChI=1S/C12H14ClN3O2/c1-3-9(17-2)11-15-12(18-16-11)7-5-4-6-8(13)10(7)14/h4-6,9H,3,14H2,1-2H3.